The smallest absolute Gasteiger partial charge is 0.133 e. The van der Waals surface area contributed by atoms with Gasteiger partial charge in [0.05, 0.1) is 19.8 Å². The zero-order valence-corrected chi connectivity index (χ0v) is 8.55. The van der Waals surface area contributed by atoms with Crippen molar-refractivity contribution >= 4 is 5.84 Å². The summed E-state index contributed by atoms with van der Waals surface area (Å²) in [5.74, 6) is 1.26. The summed E-state index contributed by atoms with van der Waals surface area (Å²) in [6.45, 7) is 1.86. The van der Waals surface area contributed by atoms with Crippen LogP contribution in [-0.2, 0) is 0 Å². The number of nitrogens with two attached hydrogens (primary N) is 1. The Kier molecular flexibility index (Phi) is 2.96. The Hall–Kier alpha value is -1.71. The molecule has 0 fully saturated rings. The lowest BCUT2D eigenvalue weighted by molar-refractivity contribution is 0.393. The highest BCUT2D eigenvalue weighted by Gasteiger charge is 2.11. The number of aryl methyl sites for hydroxylation is 1. The van der Waals surface area contributed by atoms with Crippen LogP contribution in [0.3, 0.4) is 0 Å². The van der Waals surface area contributed by atoms with Crippen molar-refractivity contribution in [3.05, 3.63) is 23.3 Å². The quantitative estimate of drug-likeness (QED) is 0.563. The first-order valence-electron chi connectivity index (χ1n) is 4.17. The Morgan fingerprint density at radius 2 is 1.93 bits per heavy atom. The number of hydrogen-bond acceptors (Lipinski definition) is 3. The number of nitrogens with one attached hydrogen (secondary N) is 1. The summed E-state index contributed by atoms with van der Waals surface area (Å²) in [6, 6.07) is 3.53. The first-order chi connectivity index (χ1) is 6.60. The minimum absolute atomic E-state index is 0.00185. The summed E-state index contributed by atoms with van der Waals surface area (Å²) in [5.41, 5.74) is 6.93. The molecule has 1 rings (SSSR count). The Morgan fingerprint density at radius 1 is 1.29 bits per heavy atom. The lowest BCUT2D eigenvalue weighted by Gasteiger charge is -2.12. The molecule has 3 N–H and O–H groups in total. The lowest BCUT2D eigenvalue weighted by Crippen LogP contribution is -2.14. The summed E-state index contributed by atoms with van der Waals surface area (Å²) in [7, 11) is 3.13. The van der Waals surface area contributed by atoms with Crippen molar-refractivity contribution in [2.75, 3.05) is 14.2 Å². The largest absolute Gasteiger partial charge is 0.497 e. The zero-order chi connectivity index (χ0) is 10.7. The van der Waals surface area contributed by atoms with Crippen molar-refractivity contribution in [2.45, 2.75) is 6.92 Å². The molecule has 0 amide bonds. The first-order valence-corrected chi connectivity index (χ1v) is 4.17. The fourth-order valence-corrected chi connectivity index (χ4v) is 1.35. The van der Waals surface area contributed by atoms with Gasteiger partial charge < -0.3 is 15.2 Å². The third-order valence-electron chi connectivity index (χ3n) is 2.00. The highest BCUT2D eigenvalue weighted by Crippen LogP contribution is 2.27. The second-order valence-corrected chi connectivity index (χ2v) is 2.94. The molecule has 1 aromatic rings. The maximum absolute atomic E-state index is 7.40. The predicted octanol–water partition coefficient (Wildman–Crippen LogP) is 1.30. The van der Waals surface area contributed by atoms with Crippen molar-refractivity contribution < 1.29 is 9.47 Å². The van der Waals surface area contributed by atoms with Gasteiger partial charge >= 0.3 is 0 Å². The molecule has 0 saturated heterocycles. The number of rotatable bonds is 3. The van der Waals surface area contributed by atoms with Crippen LogP contribution in [0, 0.1) is 12.3 Å². The van der Waals surface area contributed by atoms with Gasteiger partial charge in [-0.1, -0.05) is 0 Å². The molecule has 0 aliphatic carbocycles. The average molecular weight is 194 g/mol. The molecule has 0 saturated carbocycles. The van der Waals surface area contributed by atoms with E-state index in [0.29, 0.717) is 17.1 Å². The Labute approximate surface area is 83.1 Å². The summed E-state index contributed by atoms with van der Waals surface area (Å²) < 4.78 is 10.2. The van der Waals surface area contributed by atoms with Crippen molar-refractivity contribution in [1.82, 2.24) is 0 Å². The highest BCUT2D eigenvalue weighted by molar-refractivity contribution is 5.99. The molecule has 0 unspecified atom stereocenters. The maximum Gasteiger partial charge on any atom is 0.133 e. The van der Waals surface area contributed by atoms with E-state index in [1.54, 1.807) is 20.3 Å². The molecular weight excluding hydrogens is 180 g/mol. The number of hydrogen-bond donors (Lipinski definition) is 2. The Balaban J connectivity index is 3.34. The van der Waals surface area contributed by atoms with Crippen molar-refractivity contribution in [1.29, 1.82) is 5.41 Å². The number of ether oxygens (including phenoxy) is 2. The van der Waals surface area contributed by atoms with Gasteiger partial charge in [0.1, 0.15) is 17.3 Å². The molecular formula is C10H14N2O2. The fraction of sp³-hybridized carbons (Fsp3) is 0.300. The first kappa shape index (κ1) is 10.4. The van der Waals surface area contributed by atoms with Crippen LogP contribution in [0.1, 0.15) is 11.1 Å². The van der Waals surface area contributed by atoms with Gasteiger partial charge in [0.25, 0.3) is 0 Å². The fourth-order valence-electron chi connectivity index (χ4n) is 1.35. The molecule has 0 bridgehead atoms. The van der Waals surface area contributed by atoms with Gasteiger partial charge in [-0.2, -0.15) is 0 Å². The van der Waals surface area contributed by atoms with Crippen LogP contribution >= 0.6 is 0 Å². The normalized spacial score (nSPS) is 9.64. The molecule has 0 atom stereocenters. The minimum Gasteiger partial charge on any atom is -0.497 e. The van der Waals surface area contributed by atoms with E-state index in [1.807, 2.05) is 13.0 Å². The van der Waals surface area contributed by atoms with Gasteiger partial charge in [-0.15, -0.1) is 0 Å². The van der Waals surface area contributed by atoms with Crippen molar-refractivity contribution in [3.63, 3.8) is 0 Å². The van der Waals surface area contributed by atoms with Gasteiger partial charge in [-0.05, 0) is 18.6 Å². The van der Waals surface area contributed by atoms with Gasteiger partial charge in [-0.25, -0.2) is 0 Å². The number of amidine groups is 1. The molecule has 0 aliphatic rings. The van der Waals surface area contributed by atoms with Gasteiger partial charge in [0.15, 0.2) is 0 Å². The van der Waals surface area contributed by atoms with Crippen LogP contribution in [0.5, 0.6) is 11.5 Å². The van der Waals surface area contributed by atoms with E-state index in [4.69, 9.17) is 20.6 Å². The molecule has 0 aromatic heterocycles. The molecule has 4 heteroatoms. The van der Waals surface area contributed by atoms with E-state index < -0.39 is 0 Å². The molecule has 0 heterocycles. The van der Waals surface area contributed by atoms with E-state index in [-0.39, 0.29) is 5.84 Å². The van der Waals surface area contributed by atoms with Crippen LogP contribution in [0.25, 0.3) is 0 Å². The third-order valence-corrected chi connectivity index (χ3v) is 2.00. The highest BCUT2D eigenvalue weighted by atomic mass is 16.5. The monoisotopic (exact) mass is 194 g/mol. The molecule has 14 heavy (non-hydrogen) atoms. The van der Waals surface area contributed by atoms with E-state index in [9.17, 15) is 0 Å². The standard InChI is InChI=1S/C10H14N2O2/c1-6-4-7(13-2)5-8(14-3)9(6)10(11)12/h4-5H,1-3H3,(H3,11,12). The van der Waals surface area contributed by atoms with E-state index >= 15 is 0 Å². The molecule has 4 nitrogen and oxygen atoms in total. The van der Waals surface area contributed by atoms with Gasteiger partial charge in [0.2, 0.25) is 0 Å². The Bertz CT molecular complexity index is 361. The summed E-state index contributed by atoms with van der Waals surface area (Å²) in [4.78, 5) is 0. The van der Waals surface area contributed by atoms with Crippen LogP contribution in [0.4, 0.5) is 0 Å². The zero-order valence-electron chi connectivity index (χ0n) is 8.55. The van der Waals surface area contributed by atoms with Crippen LogP contribution in [-0.4, -0.2) is 20.1 Å². The molecule has 0 radical (unpaired) electrons. The van der Waals surface area contributed by atoms with E-state index in [0.717, 1.165) is 5.56 Å². The summed E-state index contributed by atoms with van der Waals surface area (Å²) >= 11 is 0. The molecule has 0 aliphatic heterocycles. The third kappa shape index (κ3) is 1.79. The SMILES string of the molecule is COc1cc(C)c(C(=N)N)c(OC)c1. The summed E-state index contributed by atoms with van der Waals surface area (Å²) in [6.07, 6.45) is 0. The van der Waals surface area contributed by atoms with Crippen molar-refractivity contribution in [3.8, 4) is 11.5 Å². The lowest BCUT2D eigenvalue weighted by atomic mass is 10.1. The number of nitrogen functional groups attached to an aromatic ring is 1. The molecule has 1 aromatic carbocycles. The molecule has 0 spiro atoms. The topological polar surface area (TPSA) is 68.3 Å². The second kappa shape index (κ2) is 4.00. The number of benzene rings is 1. The van der Waals surface area contributed by atoms with E-state index in [1.165, 1.54) is 0 Å². The van der Waals surface area contributed by atoms with Crippen molar-refractivity contribution in [2.24, 2.45) is 5.73 Å². The average Bonchev–Trinajstić information content (AvgIpc) is 2.15. The van der Waals surface area contributed by atoms with Crippen LogP contribution in [0.2, 0.25) is 0 Å². The summed E-state index contributed by atoms with van der Waals surface area (Å²) in [5, 5.41) is 7.40. The van der Waals surface area contributed by atoms with Gasteiger partial charge in [0, 0.05) is 6.07 Å². The minimum atomic E-state index is 0.00185. The van der Waals surface area contributed by atoms with Gasteiger partial charge in [-0.3, -0.25) is 5.41 Å². The second-order valence-electron chi connectivity index (χ2n) is 2.94. The number of methoxy groups -OCH3 is 2. The van der Waals surface area contributed by atoms with Crippen LogP contribution in [0.15, 0.2) is 12.1 Å². The Morgan fingerprint density at radius 3 is 2.36 bits per heavy atom. The maximum atomic E-state index is 7.40. The molecule has 76 valence electrons. The van der Waals surface area contributed by atoms with E-state index in [2.05, 4.69) is 0 Å². The van der Waals surface area contributed by atoms with Crippen LogP contribution < -0.4 is 15.2 Å². The predicted molar refractivity (Wildman–Crippen MR) is 55.3 cm³/mol.